The summed E-state index contributed by atoms with van der Waals surface area (Å²) in [6.45, 7) is 2.66. The van der Waals surface area contributed by atoms with Crippen molar-refractivity contribution in [2.75, 3.05) is 20.8 Å². The zero-order chi connectivity index (χ0) is 25.2. The summed E-state index contributed by atoms with van der Waals surface area (Å²) < 4.78 is 10.7. The van der Waals surface area contributed by atoms with Crippen LogP contribution >= 0.6 is 11.6 Å². The normalized spacial score (nSPS) is 14.0. The van der Waals surface area contributed by atoms with Crippen LogP contribution in [0, 0.1) is 0 Å². The van der Waals surface area contributed by atoms with Gasteiger partial charge in [0.2, 0.25) is 11.8 Å². The van der Waals surface area contributed by atoms with Crippen LogP contribution in [-0.4, -0.2) is 43.5 Å². The molecule has 1 N–H and O–H groups in total. The van der Waals surface area contributed by atoms with Crippen LogP contribution in [0.3, 0.4) is 0 Å². The Labute approximate surface area is 213 Å². The van der Waals surface area contributed by atoms with Gasteiger partial charge >= 0.3 is 0 Å². The van der Waals surface area contributed by atoms with Crippen molar-refractivity contribution < 1.29 is 19.1 Å². The molecule has 1 aliphatic rings. The number of ether oxygens (including phenoxy) is 2. The minimum atomic E-state index is -0.626. The first-order chi connectivity index (χ1) is 16.9. The van der Waals surface area contributed by atoms with Gasteiger partial charge in [-0.15, -0.1) is 0 Å². The third-order valence-corrected chi connectivity index (χ3v) is 6.62. The summed E-state index contributed by atoms with van der Waals surface area (Å²) in [5.41, 5.74) is 3.10. The van der Waals surface area contributed by atoms with Crippen LogP contribution in [0.5, 0.6) is 11.5 Å². The Morgan fingerprint density at radius 3 is 2.40 bits per heavy atom. The first-order valence-electron chi connectivity index (χ1n) is 12.1. The second kappa shape index (κ2) is 13.2. The summed E-state index contributed by atoms with van der Waals surface area (Å²) in [4.78, 5) is 28.1. The predicted molar refractivity (Wildman–Crippen MR) is 139 cm³/mol. The van der Waals surface area contributed by atoms with Gasteiger partial charge in [-0.25, -0.2) is 0 Å². The molecule has 0 spiro atoms. The maximum atomic E-state index is 13.4. The van der Waals surface area contributed by atoms with Crippen LogP contribution in [0.25, 0.3) is 0 Å². The van der Waals surface area contributed by atoms with Crippen molar-refractivity contribution in [1.29, 1.82) is 0 Å². The first-order valence-corrected chi connectivity index (χ1v) is 12.5. The molecule has 3 rings (SSSR count). The van der Waals surface area contributed by atoms with Crippen molar-refractivity contribution in [3.05, 3.63) is 70.3 Å². The maximum Gasteiger partial charge on any atom is 0.242 e. The summed E-state index contributed by atoms with van der Waals surface area (Å²) in [5.74, 6) is 0.855. The Hall–Kier alpha value is -2.99. The first kappa shape index (κ1) is 26.6. The Kier molecular flexibility index (Phi) is 10.0. The van der Waals surface area contributed by atoms with E-state index in [9.17, 15) is 9.59 Å². The van der Waals surface area contributed by atoms with Gasteiger partial charge in [0.05, 0.1) is 20.6 Å². The summed E-state index contributed by atoms with van der Waals surface area (Å²) in [5, 5.41) is 3.65. The van der Waals surface area contributed by atoms with E-state index in [-0.39, 0.29) is 18.2 Å². The van der Waals surface area contributed by atoms with E-state index in [0.29, 0.717) is 29.6 Å². The number of amides is 2. The number of rotatable bonds is 11. The minimum absolute atomic E-state index is 0.137. The minimum Gasteiger partial charge on any atom is -0.493 e. The number of halogens is 1. The molecule has 0 heterocycles. The number of benzene rings is 2. The SMILES string of the molecule is COc1ccc(CC(=O)N(Cc2ccc(Cl)cc2)[C@@H](C)C(=O)NCCC2=CCCCC2)cc1OC. The highest BCUT2D eigenvalue weighted by atomic mass is 35.5. The number of hydrogen-bond acceptors (Lipinski definition) is 4. The second-order valence-corrected chi connectivity index (χ2v) is 9.28. The van der Waals surface area contributed by atoms with E-state index >= 15 is 0 Å². The molecule has 2 amide bonds. The number of nitrogens with zero attached hydrogens (tertiary/aromatic N) is 1. The lowest BCUT2D eigenvalue weighted by Gasteiger charge is -2.29. The summed E-state index contributed by atoms with van der Waals surface area (Å²) in [7, 11) is 3.13. The van der Waals surface area contributed by atoms with Gasteiger partial charge < -0.3 is 19.7 Å². The lowest BCUT2D eigenvalue weighted by Crippen LogP contribution is -2.48. The molecule has 0 aromatic heterocycles. The molecule has 0 saturated carbocycles. The van der Waals surface area contributed by atoms with Gasteiger partial charge in [-0.2, -0.15) is 0 Å². The number of carbonyl (C=O) groups excluding carboxylic acids is 2. The molecule has 0 unspecified atom stereocenters. The van der Waals surface area contributed by atoms with Crippen LogP contribution in [-0.2, 0) is 22.6 Å². The van der Waals surface area contributed by atoms with E-state index in [0.717, 1.165) is 30.4 Å². The standard InChI is InChI=1S/C28H35ClN2O4/c1-20(28(33)30-16-15-21-7-5-4-6-8-21)31(19-22-9-12-24(29)13-10-22)27(32)18-23-11-14-25(34-2)26(17-23)35-3/h7,9-14,17,20H,4-6,8,15-16,18-19H2,1-3H3,(H,30,33)/t20-/m0/s1. The van der Waals surface area contributed by atoms with Crippen molar-refractivity contribution in [3.8, 4) is 11.5 Å². The van der Waals surface area contributed by atoms with E-state index in [2.05, 4.69) is 11.4 Å². The molecule has 1 aliphatic carbocycles. The monoisotopic (exact) mass is 498 g/mol. The topological polar surface area (TPSA) is 67.9 Å². The average Bonchev–Trinajstić information content (AvgIpc) is 2.88. The van der Waals surface area contributed by atoms with Crippen LogP contribution < -0.4 is 14.8 Å². The molecular formula is C28H35ClN2O4. The molecule has 2 aromatic carbocycles. The number of hydrogen-bond donors (Lipinski definition) is 1. The van der Waals surface area contributed by atoms with Crippen molar-refractivity contribution in [2.24, 2.45) is 0 Å². The molecule has 6 nitrogen and oxygen atoms in total. The van der Waals surface area contributed by atoms with Gasteiger partial charge in [0.25, 0.3) is 0 Å². The Bertz CT molecular complexity index is 1040. The Balaban J connectivity index is 1.71. The van der Waals surface area contributed by atoms with Crippen LogP contribution in [0.15, 0.2) is 54.1 Å². The molecule has 0 bridgehead atoms. The van der Waals surface area contributed by atoms with Crippen molar-refractivity contribution in [3.63, 3.8) is 0 Å². The largest absolute Gasteiger partial charge is 0.493 e. The van der Waals surface area contributed by atoms with Crippen molar-refractivity contribution in [2.45, 2.75) is 58.0 Å². The molecule has 2 aromatic rings. The molecule has 1 atom stereocenters. The molecule has 35 heavy (non-hydrogen) atoms. The fraction of sp³-hybridized carbons (Fsp3) is 0.429. The highest BCUT2D eigenvalue weighted by Crippen LogP contribution is 2.28. The zero-order valence-electron chi connectivity index (χ0n) is 20.8. The summed E-state index contributed by atoms with van der Waals surface area (Å²) in [6, 6.07) is 12.1. The van der Waals surface area contributed by atoms with Gasteiger partial charge in [-0.1, -0.05) is 41.4 Å². The van der Waals surface area contributed by atoms with Gasteiger partial charge in [0.15, 0.2) is 11.5 Å². The van der Waals surface area contributed by atoms with Gasteiger partial charge in [0.1, 0.15) is 6.04 Å². The third-order valence-electron chi connectivity index (χ3n) is 6.37. The quantitative estimate of drug-likeness (QED) is 0.425. The van der Waals surface area contributed by atoms with Crippen molar-refractivity contribution >= 4 is 23.4 Å². The molecule has 0 aliphatic heterocycles. The van der Waals surface area contributed by atoms with E-state index in [4.69, 9.17) is 21.1 Å². The van der Waals surface area contributed by atoms with E-state index in [1.807, 2.05) is 18.2 Å². The zero-order valence-corrected chi connectivity index (χ0v) is 21.6. The second-order valence-electron chi connectivity index (χ2n) is 8.84. The van der Waals surface area contributed by atoms with E-state index < -0.39 is 6.04 Å². The molecule has 188 valence electrons. The number of methoxy groups -OCH3 is 2. The van der Waals surface area contributed by atoms with Gasteiger partial charge in [-0.3, -0.25) is 9.59 Å². The average molecular weight is 499 g/mol. The summed E-state index contributed by atoms with van der Waals surface area (Å²) >= 11 is 6.03. The Morgan fingerprint density at radius 1 is 1.03 bits per heavy atom. The molecule has 0 fully saturated rings. The molecule has 7 heteroatoms. The van der Waals surface area contributed by atoms with Crippen LogP contribution in [0.1, 0.15) is 50.2 Å². The fourth-order valence-electron chi connectivity index (χ4n) is 4.26. The summed E-state index contributed by atoms with van der Waals surface area (Å²) in [6.07, 6.45) is 7.98. The highest BCUT2D eigenvalue weighted by molar-refractivity contribution is 6.30. The lowest BCUT2D eigenvalue weighted by molar-refractivity contribution is -0.140. The Morgan fingerprint density at radius 2 is 1.74 bits per heavy atom. The lowest BCUT2D eigenvalue weighted by atomic mass is 9.97. The fourth-order valence-corrected chi connectivity index (χ4v) is 4.39. The van der Waals surface area contributed by atoms with Crippen LogP contribution in [0.2, 0.25) is 5.02 Å². The smallest absolute Gasteiger partial charge is 0.242 e. The maximum absolute atomic E-state index is 13.4. The molecular weight excluding hydrogens is 464 g/mol. The number of nitrogens with one attached hydrogen (secondary N) is 1. The highest BCUT2D eigenvalue weighted by Gasteiger charge is 2.26. The number of carbonyl (C=O) groups is 2. The van der Waals surface area contributed by atoms with Gasteiger partial charge in [0, 0.05) is 18.1 Å². The molecule has 0 saturated heterocycles. The van der Waals surface area contributed by atoms with E-state index in [1.165, 1.54) is 18.4 Å². The number of allylic oxidation sites excluding steroid dienone is 1. The van der Waals surface area contributed by atoms with Crippen LogP contribution in [0.4, 0.5) is 0 Å². The van der Waals surface area contributed by atoms with E-state index in [1.54, 1.807) is 50.3 Å². The van der Waals surface area contributed by atoms with Crippen molar-refractivity contribution in [1.82, 2.24) is 10.2 Å². The van der Waals surface area contributed by atoms with Gasteiger partial charge in [-0.05, 0) is 74.4 Å². The molecule has 0 radical (unpaired) electrons. The predicted octanol–water partition coefficient (Wildman–Crippen LogP) is 5.32. The third kappa shape index (κ3) is 7.76.